The van der Waals surface area contributed by atoms with Crippen LogP contribution in [-0.2, 0) is 4.79 Å². The Hall–Kier alpha value is -2.69. The van der Waals surface area contributed by atoms with Crippen LogP contribution >= 0.6 is 0 Å². The number of nitrogens with zero attached hydrogens (tertiary/aromatic N) is 2. The van der Waals surface area contributed by atoms with Gasteiger partial charge in [0.25, 0.3) is 5.91 Å². The minimum atomic E-state index is -1.01. The Kier molecular flexibility index (Phi) is 6.45. The molecule has 2 amide bonds. The molecule has 0 aliphatic heterocycles. The first-order valence-corrected chi connectivity index (χ1v) is 10.2. The minimum absolute atomic E-state index is 0.102. The number of aromatic nitrogens is 1. The number of rotatable bonds is 6. The second kappa shape index (κ2) is 9.00. The molecule has 0 bridgehead atoms. The summed E-state index contributed by atoms with van der Waals surface area (Å²) in [6.07, 6.45) is 7.62. The second-order valence-corrected chi connectivity index (χ2v) is 7.63. The van der Waals surface area contributed by atoms with Crippen LogP contribution in [0.2, 0.25) is 0 Å². The number of para-hydroxylation sites is 1. The molecule has 2 aromatic rings. The van der Waals surface area contributed by atoms with E-state index in [4.69, 9.17) is 0 Å². The van der Waals surface area contributed by atoms with E-state index in [1.807, 2.05) is 44.2 Å². The van der Waals surface area contributed by atoms with Crippen LogP contribution < -0.4 is 10.2 Å². The van der Waals surface area contributed by atoms with Gasteiger partial charge in [-0.1, -0.05) is 50.5 Å². The molecule has 28 heavy (non-hydrogen) atoms. The molecule has 0 radical (unpaired) electrons. The highest BCUT2D eigenvalue weighted by Gasteiger charge is 2.43. The number of nitrogens with one attached hydrogen (secondary N) is 1. The van der Waals surface area contributed by atoms with Crippen molar-refractivity contribution in [3.63, 3.8) is 0 Å². The van der Waals surface area contributed by atoms with Crippen LogP contribution in [0.15, 0.2) is 54.7 Å². The summed E-state index contributed by atoms with van der Waals surface area (Å²) in [6.45, 7) is 3.79. The van der Waals surface area contributed by atoms with Gasteiger partial charge in [-0.05, 0) is 50.5 Å². The van der Waals surface area contributed by atoms with Crippen molar-refractivity contribution in [2.24, 2.45) is 0 Å². The fraction of sp³-hybridized carbons (Fsp3) is 0.435. The molecule has 1 atom stereocenters. The summed E-state index contributed by atoms with van der Waals surface area (Å²) >= 11 is 0. The largest absolute Gasteiger partial charge is 0.351 e. The van der Waals surface area contributed by atoms with Gasteiger partial charge in [-0.2, -0.15) is 0 Å². The van der Waals surface area contributed by atoms with Crippen LogP contribution in [0.5, 0.6) is 0 Å². The van der Waals surface area contributed by atoms with Gasteiger partial charge < -0.3 is 5.32 Å². The monoisotopic (exact) mass is 379 g/mol. The van der Waals surface area contributed by atoms with Crippen LogP contribution in [0.1, 0.15) is 62.9 Å². The molecule has 5 heteroatoms. The predicted octanol–water partition coefficient (Wildman–Crippen LogP) is 4.35. The summed E-state index contributed by atoms with van der Waals surface area (Å²) in [5, 5.41) is 3.21. The molecule has 1 aliphatic carbocycles. The third kappa shape index (κ3) is 4.24. The third-order valence-electron chi connectivity index (χ3n) is 5.71. The molecular weight excluding hydrogens is 350 g/mol. The van der Waals surface area contributed by atoms with Gasteiger partial charge in [0.2, 0.25) is 5.91 Å². The van der Waals surface area contributed by atoms with E-state index < -0.39 is 5.54 Å². The summed E-state index contributed by atoms with van der Waals surface area (Å²) in [5.74, 6) is -0.370. The van der Waals surface area contributed by atoms with E-state index >= 15 is 0 Å². The fourth-order valence-corrected chi connectivity index (χ4v) is 3.82. The van der Waals surface area contributed by atoms with E-state index in [1.165, 1.54) is 6.42 Å². The van der Waals surface area contributed by atoms with Crippen LogP contribution in [-0.4, -0.2) is 28.4 Å². The number of benzene rings is 1. The Morgan fingerprint density at radius 2 is 1.75 bits per heavy atom. The zero-order valence-corrected chi connectivity index (χ0v) is 16.7. The van der Waals surface area contributed by atoms with E-state index in [-0.39, 0.29) is 17.9 Å². The SMILES string of the molecule is CC[C@@](C)(C(=O)NC1CCCCC1)N(C(=O)c1ccccn1)c1ccccc1. The first kappa shape index (κ1) is 20.1. The first-order valence-electron chi connectivity index (χ1n) is 10.2. The lowest BCUT2D eigenvalue weighted by atomic mass is 9.90. The van der Waals surface area contributed by atoms with Crippen molar-refractivity contribution in [3.8, 4) is 0 Å². The molecule has 1 saturated carbocycles. The summed E-state index contributed by atoms with van der Waals surface area (Å²) in [7, 11) is 0. The topological polar surface area (TPSA) is 62.3 Å². The van der Waals surface area contributed by atoms with E-state index in [0.29, 0.717) is 17.8 Å². The molecule has 3 rings (SSSR count). The molecule has 0 unspecified atom stereocenters. The number of carbonyl (C=O) groups excluding carboxylic acids is 2. The summed E-state index contributed by atoms with van der Waals surface area (Å²) in [6, 6.07) is 14.8. The fourth-order valence-electron chi connectivity index (χ4n) is 3.82. The first-order chi connectivity index (χ1) is 13.6. The maximum absolute atomic E-state index is 13.4. The lowest BCUT2D eigenvalue weighted by Gasteiger charge is -2.40. The molecule has 1 aromatic heterocycles. The standard InChI is InChI=1S/C23H29N3O2/c1-3-23(2,22(28)25-18-12-6-4-7-13-18)26(19-14-8-5-9-15-19)21(27)20-16-10-11-17-24-20/h5,8-11,14-18H,3-4,6-7,12-13H2,1-2H3,(H,25,28)/t23-/m0/s1. The third-order valence-corrected chi connectivity index (χ3v) is 5.71. The zero-order valence-electron chi connectivity index (χ0n) is 16.7. The maximum atomic E-state index is 13.4. The quantitative estimate of drug-likeness (QED) is 0.812. The van der Waals surface area contributed by atoms with Crippen molar-refractivity contribution in [1.29, 1.82) is 0 Å². The molecule has 1 N–H and O–H groups in total. The molecule has 0 spiro atoms. The molecule has 1 heterocycles. The average Bonchev–Trinajstić information content (AvgIpc) is 2.75. The van der Waals surface area contributed by atoms with Crippen molar-refractivity contribution in [1.82, 2.24) is 10.3 Å². The zero-order chi connectivity index (χ0) is 20.0. The number of carbonyl (C=O) groups is 2. The Balaban J connectivity index is 1.96. The highest BCUT2D eigenvalue weighted by Crippen LogP contribution is 2.30. The number of hydrogen-bond acceptors (Lipinski definition) is 3. The molecule has 1 fully saturated rings. The Labute approximate surface area is 167 Å². The van der Waals surface area contributed by atoms with E-state index in [2.05, 4.69) is 10.3 Å². The van der Waals surface area contributed by atoms with E-state index in [1.54, 1.807) is 29.3 Å². The Morgan fingerprint density at radius 3 is 2.36 bits per heavy atom. The van der Waals surface area contributed by atoms with Crippen LogP contribution in [0.4, 0.5) is 5.69 Å². The summed E-state index contributed by atoms with van der Waals surface area (Å²) < 4.78 is 0. The highest BCUT2D eigenvalue weighted by molar-refractivity contribution is 6.10. The lowest BCUT2D eigenvalue weighted by molar-refractivity contribution is -0.126. The smallest absolute Gasteiger partial charge is 0.277 e. The van der Waals surface area contributed by atoms with Gasteiger partial charge in [0, 0.05) is 17.9 Å². The average molecular weight is 380 g/mol. The van der Waals surface area contributed by atoms with Gasteiger partial charge in [-0.3, -0.25) is 19.5 Å². The Morgan fingerprint density at radius 1 is 1.07 bits per heavy atom. The van der Waals surface area contributed by atoms with Crippen molar-refractivity contribution in [3.05, 3.63) is 60.4 Å². The van der Waals surface area contributed by atoms with Gasteiger partial charge >= 0.3 is 0 Å². The Bertz CT molecular complexity index is 788. The van der Waals surface area contributed by atoms with Crippen molar-refractivity contribution in [2.75, 3.05) is 4.90 Å². The molecule has 1 aliphatic rings. The highest BCUT2D eigenvalue weighted by atomic mass is 16.2. The van der Waals surface area contributed by atoms with Crippen molar-refractivity contribution < 1.29 is 9.59 Å². The van der Waals surface area contributed by atoms with Crippen LogP contribution in [0, 0.1) is 0 Å². The lowest BCUT2D eigenvalue weighted by Crippen LogP contribution is -2.60. The van der Waals surface area contributed by atoms with E-state index in [0.717, 1.165) is 25.7 Å². The number of hydrogen-bond donors (Lipinski definition) is 1. The molecule has 148 valence electrons. The summed E-state index contributed by atoms with van der Waals surface area (Å²) in [5.41, 5.74) is 0.0192. The predicted molar refractivity (Wildman–Crippen MR) is 111 cm³/mol. The normalized spacial score (nSPS) is 16.8. The molecular formula is C23H29N3O2. The van der Waals surface area contributed by atoms with Crippen LogP contribution in [0.25, 0.3) is 0 Å². The maximum Gasteiger partial charge on any atom is 0.277 e. The number of amides is 2. The number of pyridine rings is 1. The van der Waals surface area contributed by atoms with Crippen molar-refractivity contribution in [2.45, 2.75) is 64.0 Å². The van der Waals surface area contributed by atoms with Crippen LogP contribution in [0.3, 0.4) is 0 Å². The van der Waals surface area contributed by atoms with Gasteiger partial charge in [0.15, 0.2) is 0 Å². The minimum Gasteiger partial charge on any atom is -0.351 e. The van der Waals surface area contributed by atoms with Gasteiger partial charge in [-0.15, -0.1) is 0 Å². The van der Waals surface area contributed by atoms with Crippen molar-refractivity contribution >= 4 is 17.5 Å². The van der Waals surface area contributed by atoms with Gasteiger partial charge in [0.05, 0.1) is 0 Å². The second-order valence-electron chi connectivity index (χ2n) is 7.63. The molecule has 5 nitrogen and oxygen atoms in total. The van der Waals surface area contributed by atoms with E-state index in [9.17, 15) is 9.59 Å². The van der Waals surface area contributed by atoms with Gasteiger partial charge in [-0.25, -0.2) is 0 Å². The molecule has 0 saturated heterocycles. The van der Waals surface area contributed by atoms with Gasteiger partial charge in [0.1, 0.15) is 11.2 Å². The molecule has 1 aromatic carbocycles. The number of anilines is 1. The summed E-state index contributed by atoms with van der Waals surface area (Å²) in [4.78, 5) is 32.6.